The van der Waals surface area contributed by atoms with E-state index in [1.165, 1.54) is 0 Å². The van der Waals surface area contributed by atoms with Gasteiger partial charge in [0.1, 0.15) is 12.4 Å². The van der Waals surface area contributed by atoms with Crippen molar-refractivity contribution in [2.75, 3.05) is 19.8 Å². The predicted molar refractivity (Wildman–Crippen MR) is 73.0 cm³/mol. The molecule has 0 unspecified atom stereocenters. The van der Waals surface area contributed by atoms with Gasteiger partial charge in [0.05, 0.1) is 12.1 Å². The van der Waals surface area contributed by atoms with E-state index in [0.717, 1.165) is 0 Å². The first-order chi connectivity index (χ1) is 10.0. The normalized spacial score (nSPS) is 10.8. The standard InChI is InChI=1S/C12H16N4O5/c13-11(16-19)8-3-1-2-4-9(8)21-7-10(17)15-5-6-20-12(14)18/h1-4,19H,5-7H2,(H2,13,16)(H2,14,18)(H,15,17). The van der Waals surface area contributed by atoms with E-state index in [1.807, 2.05) is 0 Å². The van der Waals surface area contributed by atoms with Crippen molar-refractivity contribution in [3.05, 3.63) is 29.8 Å². The van der Waals surface area contributed by atoms with E-state index < -0.39 is 12.0 Å². The fourth-order valence-electron chi connectivity index (χ4n) is 1.39. The molecule has 6 N–H and O–H groups in total. The lowest BCUT2D eigenvalue weighted by Crippen LogP contribution is -2.33. The van der Waals surface area contributed by atoms with Crippen LogP contribution in [0.1, 0.15) is 5.56 Å². The van der Waals surface area contributed by atoms with Crippen LogP contribution < -0.4 is 21.5 Å². The second-order valence-corrected chi connectivity index (χ2v) is 3.79. The van der Waals surface area contributed by atoms with E-state index in [4.69, 9.17) is 21.4 Å². The number of rotatable bonds is 7. The number of para-hydroxylation sites is 1. The third kappa shape index (κ3) is 5.68. The molecule has 21 heavy (non-hydrogen) atoms. The average molecular weight is 296 g/mol. The summed E-state index contributed by atoms with van der Waals surface area (Å²) in [7, 11) is 0. The highest BCUT2D eigenvalue weighted by Gasteiger charge is 2.09. The molecule has 1 aromatic rings. The number of nitrogens with two attached hydrogens (primary N) is 2. The summed E-state index contributed by atoms with van der Waals surface area (Å²) in [6.07, 6.45) is -0.909. The van der Waals surface area contributed by atoms with E-state index in [2.05, 4.69) is 15.2 Å². The Hall–Kier alpha value is -2.97. The monoisotopic (exact) mass is 296 g/mol. The smallest absolute Gasteiger partial charge is 0.404 e. The van der Waals surface area contributed by atoms with Gasteiger partial charge in [-0.25, -0.2) is 4.79 Å². The summed E-state index contributed by atoms with van der Waals surface area (Å²) in [6.45, 7) is -0.179. The Morgan fingerprint density at radius 2 is 2.00 bits per heavy atom. The number of amides is 2. The van der Waals surface area contributed by atoms with E-state index >= 15 is 0 Å². The Bertz CT molecular complexity index is 532. The van der Waals surface area contributed by atoms with Crippen LogP contribution in [0.4, 0.5) is 4.79 Å². The topological polar surface area (TPSA) is 149 Å². The highest BCUT2D eigenvalue weighted by atomic mass is 16.5. The van der Waals surface area contributed by atoms with Crippen molar-refractivity contribution in [2.45, 2.75) is 0 Å². The quantitative estimate of drug-likeness (QED) is 0.173. The molecule has 9 nitrogen and oxygen atoms in total. The highest BCUT2D eigenvalue weighted by molar-refractivity contribution is 5.99. The minimum Gasteiger partial charge on any atom is -0.483 e. The SMILES string of the molecule is NC(=O)OCCNC(=O)COc1ccccc1/C(N)=N/O. The summed E-state index contributed by atoms with van der Waals surface area (Å²) in [6, 6.07) is 6.53. The van der Waals surface area contributed by atoms with E-state index in [-0.39, 0.29) is 25.6 Å². The molecule has 0 spiro atoms. The van der Waals surface area contributed by atoms with Crippen molar-refractivity contribution < 1.29 is 24.3 Å². The first-order valence-corrected chi connectivity index (χ1v) is 5.93. The molecule has 1 rings (SSSR count). The first kappa shape index (κ1) is 16.1. The third-order valence-corrected chi connectivity index (χ3v) is 2.30. The molecule has 0 bridgehead atoms. The first-order valence-electron chi connectivity index (χ1n) is 5.93. The highest BCUT2D eigenvalue weighted by Crippen LogP contribution is 2.17. The van der Waals surface area contributed by atoms with Gasteiger partial charge in [0.2, 0.25) is 0 Å². The molecule has 0 aliphatic carbocycles. The van der Waals surface area contributed by atoms with E-state index in [9.17, 15) is 9.59 Å². The Morgan fingerprint density at radius 1 is 1.29 bits per heavy atom. The van der Waals surface area contributed by atoms with Crippen LogP contribution in [-0.4, -0.2) is 42.8 Å². The van der Waals surface area contributed by atoms with Gasteiger partial charge in [-0.1, -0.05) is 17.3 Å². The van der Waals surface area contributed by atoms with Crippen molar-refractivity contribution in [3.8, 4) is 5.75 Å². The lowest BCUT2D eigenvalue weighted by Gasteiger charge is -2.10. The van der Waals surface area contributed by atoms with Gasteiger partial charge in [-0.2, -0.15) is 0 Å². The van der Waals surface area contributed by atoms with Crippen molar-refractivity contribution in [3.63, 3.8) is 0 Å². The molecule has 0 atom stereocenters. The van der Waals surface area contributed by atoms with Gasteiger partial charge in [-0.05, 0) is 12.1 Å². The van der Waals surface area contributed by atoms with Gasteiger partial charge in [0.25, 0.3) is 5.91 Å². The second kappa shape index (κ2) is 8.25. The number of ether oxygens (including phenoxy) is 2. The summed E-state index contributed by atoms with van der Waals surface area (Å²) in [5.74, 6) is -0.241. The molecule has 0 saturated carbocycles. The number of benzene rings is 1. The number of carbonyl (C=O) groups is 2. The van der Waals surface area contributed by atoms with Crippen LogP contribution in [0, 0.1) is 0 Å². The number of primary amides is 1. The molecule has 2 amide bonds. The Morgan fingerprint density at radius 3 is 2.67 bits per heavy atom. The number of hydrogen-bond acceptors (Lipinski definition) is 6. The maximum atomic E-state index is 11.5. The summed E-state index contributed by atoms with van der Waals surface area (Å²) in [5.41, 5.74) is 10.6. The van der Waals surface area contributed by atoms with Crippen LogP contribution in [0.2, 0.25) is 0 Å². The number of nitrogens with one attached hydrogen (secondary N) is 1. The van der Waals surface area contributed by atoms with Gasteiger partial charge in [0.15, 0.2) is 12.4 Å². The van der Waals surface area contributed by atoms with E-state index in [1.54, 1.807) is 24.3 Å². The second-order valence-electron chi connectivity index (χ2n) is 3.79. The van der Waals surface area contributed by atoms with Crippen LogP contribution in [0.15, 0.2) is 29.4 Å². The molecule has 0 heterocycles. The lowest BCUT2D eigenvalue weighted by atomic mass is 10.2. The van der Waals surface area contributed by atoms with Gasteiger partial charge in [0, 0.05) is 0 Å². The summed E-state index contributed by atoms with van der Waals surface area (Å²) < 4.78 is 9.73. The van der Waals surface area contributed by atoms with Crippen LogP contribution in [0.3, 0.4) is 0 Å². The molecule has 0 aliphatic rings. The molecule has 1 aromatic carbocycles. The third-order valence-electron chi connectivity index (χ3n) is 2.30. The number of oxime groups is 1. The Labute approximate surface area is 120 Å². The number of hydrogen-bond donors (Lipinski definition) is 4. The van der Waals surface area contributed by atoms with Gasteiger partial charge in [-0.15, -0.1) is 0 Å². The number of amidine groups is 1. The molecular formula is C12H16N4O5. The molecule has 0 saturated heterocycles. The molecule has 0 radical (unpaired) electrons. The fourth-order valence-corrected chi connectivity index (χ4v) is 1.39. The maximum absolute atomic E-state index is 11.5. The van der Waals surface area contributed by atoms with Crippen LogP contribution in [0.5, 0.6) is 5.75 Å². The number of nitrogens with zero attached hydrogens (tertiary/aromatic N) is 1. The summed E-state index contributed by atoms with van der Waals surface area (Å²) in [5, 5.41) is 14.0. The Balaban J connectivity index is 2.45. The molecule has 9 heteroatoms. The van der Waals surface area contributed by atoms with E-state index in [0.29, 0.717) is 11.3 Å². The van der Waals surface area contributed by atoms with Crippen molar-refractivity contribution in [1.82, 2.24) is 5.32 Å². The molecule has 0 aliphatic heterocycles. The largest absolute Gasteiger partial charge is 0.483 e. The molecule has 0 aromatic heterocycles. The maximum Gasteiger partial charge on any atom is 0.404 e. The van der Waals surface area contributed by atoms with Gasteiger partial charge < -0.3 is 31.5 Å². The molecular weight excluding hydrogens is 280 g/mol. The number of carbonyl (C=O) groups excluding carboxylic acids is 2. The Kier molecular flexibility index (Phi) is 6.32. The average Bonchev–Trinajstić information content (AvgIpc) is 2.48. The summed E-state index contributed by atoms with van der Waals surface area (Å²) >= 11 is 0. The zero-order valence-electron chi connectivity index (χ0n) is 11.1. The zero-order valence-corrected chi connectivity index (χ0v) is 11.1. The van der Waals surface area contributed by atoms with Crippen molar-refractivity contribution in [2.24, 2.45) is 16.6 Å². The molecule has 114 valence electrons. The molecule has 0 fully saturated rings. The van der Waals surface area contributed by atoms with Crippen LogP contribution >= 0.6 is 0 Å². The minimum atomic E-state index is -0.909. The van der Waals surface area contributed by atoms with Crippen molar-refractivity contribution >= 4 is 17.8 Å². The summed E-state index contributed by atoms with van der Waals surface area (Å²) in [4.78, 5) is 21.8. The predicted octanol–water partition coefficient (Wildman–Crippen LogP) is -0.629. The van der Waals surface area contributed by atoms with Crippen LogP contribution in [0.25, 0.3) is 0 Å². The van der Waals surface area contributed by atoms with Crippen molar-refractivity contribution in [1.29, 1.82) is 0 Å². The zero-order chi connectivity index (χ0) is 15.7. The van der Waals surface area contributed by atoms with Gasteiger partial charge >= 0.3 is 6.09 Å². The van der Waals surface area contributed by atoms with Crippen LogP contribution in [-0.2, 0) is 9.53 Å². The van der Waals surface area contributed by atoms with Gasteiger partial charge in [-0.3, -0.25) is 4.79 Å². The minimum absolute atomic E-state index is 0.0260. The fraction of sp³-hybridized carbons (Fsp3) is 0.250. The lowest BCUT2D eigenvalue weighted by molar-refractivity contribution is -0.123.